The Morgan fingerprint density at radius 1 is 1.17 bits per heavy atom. The number of benzene rings is 2. The van der Waals surface area contributed by atoms with Gasteiger partial charge < -0.3 is 4.74 Å². The highest BCUT2D eigenvalue weighted by molar-refractivity contribution is 9.10. The molecule has 0 heterocycles. The first-order valence-corrected chi connectivity index (χ1v) is 6.29. The Hall–Kier alpha value is -1.61. The maximum atomic E-state index is 14.0. The second-order valence-corrected chi connectivity index (χ2v) is 4.61. The second-order valence-electron chi connectivity index (χ2n) is 3.75. The molecular formula is C15H12BrFO. The van der Waals surface area contributed by atoms with Gasteiger partial charge in [-0.15, -0.1) is 0 Å². The number of halogens is 2. The first-order valence-electron chi connectivity index (χ1n) is 5.49. The summed E-state index contributed by atoms with van der Waals surface area (Å²) < 4.78 is 20.2. The number of rotatable bonds is 4. The molecule has 0 bridgehead atoms. The maximum Gasteiger partial charge on any atom is 0.173 e. The van der Waals surface area contributed by atoms with E-state index in [1.165, 1.54) is 6.08 Å². The third-order valence-electron chi connectivity index (χ3n) is 2.53. The standard InChI is InChI=1S/C15H12BrFO/c1-2-12-13(16)8-9-14(15(12)17)18-10-11-6-4-3-5-7-11/h2-9H,1,10H2. The van der Waals surface area contributed by atoms with Gasteiger partial charge in [-0.05, 0) is 17.7 Å². The van der Waals surface area contributed by atoms with E-state index in [0.717, 1.165) is 5.56 Å². The molecule has 3 heteroatoms. The summed E-state index contributed by atoms with van der Waals surface area (Å²) >= 11 is 3.27. The smallest absolute Gasteiger partial charge is 0.173 e. The summed E-state index contributed by atoms with van der Waals surface area (Å²) in [5, 5.41) is 0. The van der Waals surface area contributed by atoms with Gasteiger partial charge in [0.2, 0.25) is 0 Å². The zero-order chi connectivity index (χ0) is 13.0. The number of hydrogen-bond donors (Lipinski definition) is 0. The van der Waals surface area contributed by atoms with Crippen LogP contribution in [0.5, 0.6) is 5.75 Å². The molecule has 18 heavy (non-hydrogen) atoms. The van der Waals surface area contributed by atoms with E-state index in [-0.39, 0.29) is 5.75 Å². The van der Waals surface area contributed by atoms with Crippen LogP contribution in [0.25, 0.3) is 6.08 Å². The highest BCUT2D eigenvalue weighted by Crippen LogP contribution is 2.28. The Morgan fingerprint density at radius 3 is 2.56 bits per heavy atom. The van der Waals surface area contributed by atoms with E-state index in [1.54, 1.807) is 12.1 Å². The third kappa shape index (κ3) is 2.79. The summed E-state index contributed by atoms with van der Waals surface area (Å²) in [7, 11) is 0. The molecule has 0 atom stereocenters. The van der Waals surface area contributed by atoms with Crippen molar-refractivity contribution < 1.29 is 9.13 Å². The van der Waals surface area contributed by atoms with Crippen molar-refractivity contribution in [2.24, 2.45) is 0 Å². The summed E-state index contributed by atoms with van der Waals surface area (Å²) in [6.07, 6.45) is 1.47. The van der Waals surface area contributed by atoms with Crippen molar-refractivity contribution in [1.29, 1.82) is 0 Å². The quantitative estimate of drug-likeness (QED) is 0.787. The zero-order valence-corrected chi connectivity index (χ0v) is 11.3. The molecule has 0 radical (unpaired) electrons. The molecule has 0 N–H and O–H groups in total. The first kappa shape index (κ1) is 12.8. The minimum atomic E-state index is -0.393. The number of hydrogen-bond acceptors (Lipinski definition) is 1. The fourth-order valence-electron chi connectivity index (χ4n) is 1.58. The van der Waals surface area contributed by atoms with Crippen LogP contribution in [0.4, 0.5) is 4.39 Å². The van der Waals surface area contributed by atoms with E-state index in [4.69, 9.17) is 4.74 Å². The Labute approximate surface area is 114 Å². The molecular weight excluding hydrogens is 295 g/mol. The van der Waals surface area contributed by atoms with E-state index in [1.807, 2.05) is 30.3 Å². The van der Waals surface area contributed by atoms with Crippen LogP contribution in [0, 0.1) is 5.82 Å². The van der Waals surface area contributed by atoms with Crippen LogP contribution < -0.4 is 4.74 Å². The molecule has 92 valence electrons. The van der Waals surface area contributed by atoms with Crippen LogP contribution in [0.3, 0.4) is 0 Å². The second kappa shape index (κ2) is 5.83. The van der Waals surface area contributed by atoms with Gasteiger partial charge >= 0.3 is 0 Å². The fourth-order valence-corrected chi connectivity index (χ4v) is 2.05. The lowest BCUT2D eigenvalue weighted by molar-refractivity contribution is 0.290. The normalized spacial score (nSPS) is 10.1. The van der Waals surface area contributed by atoms with E-state index in [2.05, 4.69) is 22.5 Å². The Morgan fingerprint density at radius 2 is 1.89 bits per heavy atom. The molecule has 0 amide bonds. The summed E-state index contributed by atoms with van der Waals surface area (Å²) in [5.74, 6) is -0.160. The Kier molecular flexibility index (Phi) is 4.15. The van der Waals surface area contributed by atoms with Crippen LogP contribution in [0.15, 0.2) is 53.5 Å². The molecule has 2 rings (SSSR count). The van der Waals surface area contributed by atoms with Gasteiger partial charge in [-0.1, -0.05) is 58.9 Å². The minimum absolute atomic E-state index is 0.233. The average Bonchev–Trinajstić information content (AvgIpc) is 2.40. The van der Waals surface area contributed by atoms with Gasteiger partial charge in [0.1, 0.15) is 6.61 Å². The van der Waals surface area contributed by atoms with Crippen molar-refractivity contribution in [2.45, 2.75) is 6.61 Å². The van der Waals surface area contributed by atoms with Crippen molar-refractivity contribution in [2.75, 3.05) is 0 Å². The lowest BCUT2D eigenvalue weighted by atomic mass is 10.2. The fraction of sp³-hybridized carbons (Fsp3) is 0.0667. The minimum Gasteiger partial charge on any atom is -0.486 e. The molecule has 0 unspecified atom stereocenters. The molecule has 0 aliphatic carbocycles. The molecule has 2 aromatic rings. The summed E-state index contributed by atoms with van der Waals surface area (Å²) in [6, 6.07) is 13.0. The number of ether oxygens (including phenoxy) is 1. The maximum absolute atomic E-state index is 14.0. The Bertz CT molecular complexity index is 552. The highest BCUT2D eigenvalue weighted by atomic mass is 79.9. The average molecular weight is 307 g/mol. The van der Waals surface area contributed by atoms with E-state index in [9.17, 15) is 4.39 Å². The predicted octanol–water partition coefficient (Wildman–Crippen LogP) is 4.81. The van der Waals surface area contributed by atoms with Crippen LogP contribution in [0.1, 0.15) is 11.1 Å². The molecule has 0 saturated carbocycles. The van der Waals surface area contributed by atoms with Crippen molar-refractivity contribution in [3.63, 3.8) is 0 Å². The predicted molar refractivity (Wildman–Crippen MR) is 75.0 cm³/mol. The molecule has 0 fully saturated rings. The highest BCUT2D eigenvalue weighted by Gasteiger charge is 2.10. The molecule has 2 aromatic carbocycles. The van der Waals surface area contributed by atoms with Crippen LogP contribution in [-0.4, -0.2) is 0 Å². The Balaban J connectivity index is 2.18. The van der Waals surface area contributed by atoms with Gasteiger partial charge in [-0.3, -0.25) is 0 Å². The van der Waals surface area contributed by atoms with Crippen LogP contribution in [0.2, 0.25) is 0 Å². The van der Waals surface area contributed by atoms with Crippen molar-refractivity contribution in [1.82, 2.24) is 0 Å². The zero-order valence-electron chi connectivity index (χ0n) is 9.70. The third-order valence-corrected chi connectivity index (χ3v) is 3.22. The summed E-state index contributed by atoms with van der Waals surface area (Å²) in [5.41, 5.74) is 1.42. The van der Waals surface area contributed by atoms with Gasteiger partial charge in [0.05, 0.1) is 0 Å². The van der Waals surface area contributed by atoms with Crippen molar-refractivity contribution in [3.05, 3.63) is 70.5 Å². The van der Waals surface area contributed by atoms with E-state index in [0.29, 0.717) is 16.6 Å². The van der Waals surface area contributed by atoms with Gasteiger partial charge in [-0.25, -0.2) is 4.39 Å². The molecule has 0 aromatic heterocycles. The van der Waals surface area contributed by atoms with E-state index < -0.39 is 5.82 Å². The molecule has 0 saturated heterocycles. The van der Waals surface area contributed by atoms with Crippen LogP contribution >= 0.6 is 15.9 Å². The van der Waals surface area contributed by atoms with Crippen molar-refractivity contribution in [3.8, 4) is 5.75 Å². The van der Waals surface area contributed by atoms with Crippen molar-refractivity contribution >= 4 is 22.0 Å². The summed E-state index contributed by atoms with van der Waals surface area (Å²) in [4.78, 5) is 0. The first-order chi connectivity index (χ1) is 8.72. The van der Waals surface area contributed by atoms with Gasteiger partial charge in [-0.2, -0.15) is 0 Å². The van der Waals surface area contributed by atoms with E-state index >= 15 is 0 Å². The lowest BCUT2D eigenvalue weighted by Crippen LogP contribution is -1.98. The molecule has 0 aliphatic heterocycles. The molecule has 0 spiro atoms. The molecule has 1 nitrogen and oxygen atoms in total. The topological polar surface area (TPSA) is 9.23 Å². The van der Waals surface area contributed by atoms with Gasteiger partial charge in [0, 0.05) is 10.0 Å². The lowest BCUT2D eigenvalue weighted by Gasteiger charge is -2.10. The van der Waals surface area contributed by atoms with Gasteiger partial charge in [0.25, 0.3) is 0 Å². The van der Waals surface area contributed by atoms with Gasteiger partial charge in [0.15, 0.2) is 11.6 Å². The monoisotopic (exact) mass is 306 g/mol. The largest absolute Gasteiger partial charge is 0.486 e. The summed E-state index contributed by atoms with van der Waals surface area (Å²) in [6.45, 7) is 3.93. The molecule has 0 aliphatic rings. The van der Waals surface area contributed by atoms with Crippen LogP contribution in [-0.2, 0) is 6.61 Å². The SMILES string of the molecule is C=Cc1c(Br)ccc(OCc2ccccc2)c1F.